The van der Waals surface area contributed by atoms with E-state index < -0.39 is 0 Å². The van der Waals surface area contributed by atoms with E-state index in [-0.39, 0.29) is 5.91 Å². The molecular formula is C23H17N5O2. The van der Waals surface area contributed by atoms with Gasteiger partial charge in [-0.3, -0.25) is 4.79 Å². The summed E-state index contributed by atoms with van der Waals surface area (Å²) in [5, 5.41) is 7.97. The van der Waals surface area contributed by atoms with Crippen LogP contribution in [0.1, 0.15) is 16.1 Å². The molecule has 0 bridgehead atoms. The summed E-state index contributed by atoms with van der Waals surface area (Å²) in [5.41, 5.74) is 2.70. The molecule has 0 saturated heterocycles. The number of anilines is 1. The zero-order valence-electron chi connectivity index (χ0n) is 15.9. The summed E-state index contributed by atoms with van der Waals surface area (Å²) >= 11 is 0. The SMILES string of the molecule is O=C(Nc1ccccn1)c1cc(-c2ccccc2)nc2c1cnn2Cc1ccco1. The molecule has 1 aromatic carbocycles. The highest BCUT2D eigenvalue weighted by molar-refractivity contribution is 6.12. The molecule has 1 amide bonds. The van der Waals surface area contributed by atoms with Crippen molar-refractivity contribution in [3.8, 4) is 11.3 Å². The van der Waals surface area contributed by atoms with Gasteiger partial charge in [0.05, 0.1) is 29.1 Å². The molecule has 0 atom stereocenters. The summed E-state index contributed by atoms with van der Waals surface area (Å²) in [6.07, 6.45) is 4.91. The van der Waals surface area contributed by atoms with E-state index in [0.717, 1.165) is 11.3 Å². The Bertz CT molecular complexity index is 1300. The van der Waals surface area contributed by atoms with Gasteiger partial charge in [-0.1, -0.05) is 36.4 Å². The van der Waals surface area contributed by atoms with Crippen molar-refractivity contribution >= 4 is 22.8 Å². The minimum Gasteiger partial charge on any atom is -0.467 e. The summed E-state index contributed by atoms with van der Waals surface area (Å²) < 4.78 is 7.19. The number of pyridine rings is 2. The molecule has 0 unspecified atom stereocenters. The van der Waals surface area contributed by atoms with Crippen molar-refractivity contribution in [2.45, 2.75) is 6.54 Å². The Hall–Kier alpha value is -4.26. The van der Waals surface area contributed by atoms with Crippen molar-refractivity contribution in [2.75, 3.05) is 5.32 Å². The molecule has 0 aliphatic rings. The smallest absolute Gasteiger partial charge is 0.257 e. The van der Waals surface area contributed by atoms with E-state index in [4.69, 9.17) is 9.40 Å². The molecule has 5 rings (SSSR count). The lowest BCUT2D eigenvalue weighted by atomic mass is 10.1. The fourth-order valence-corrected chi connectivity index (χ4v) is 3.28. The molecule has 0 aliphatic carbocycles. The molecule has 146 valence electrons. The number of rotatable bonds is 5. The number of amides is 1. The van der Waals surface area contributed by atoms with E-state index in [9.17, 15) is 4.79 Å². The maximum Gasteiger partial charge on any atom is 0.257 e. The molecule has 7 heteroatoms. The second-order valence-electron chi connectivity index (χ2n) is 6.71. The molecule has 4 heterocycles. The Morgan fingerprint density at radius 1 is 1.03 bits per heavy atom. The van der Waals surface area contributed by atoms with Crippen LogP contribution in [0.2, 0.25) is 0 Å². The Balaban J connectivity index is 1.62. The van der Waals surface area contributed by atoms with E-state index >= 15 is 0 Å². The van der Waals surface area contributed by atoms with Gasteiger partial charge in [-0.05, 0) is 30.3 Å². The van der Waals surface area contributed by atoms with E-state index in [1.165, 1.54) is 0 Å². The lowest BCUT2D eigenvalue weighted by Crippen LogP contribution is -2.14. The molecule has 0 aliphatic heterocycles. The van der Waals surface area contributed by atoms with Gasteiger partial charge in [0.2, 0.25) is 0 Å². The van der Waals surface area contributed by atoms with E-state index in [1.807, 2.05) is 48.5 Å². The number of furan rings is 1. The number of carbonyl (C=O) groups is 1. The first-order valence-electron chi connectivity index (χ1n) is 9.45. The van der Waals surface area contributed by atoms with Crippen LogP contribution < -0.4 is 5.32 Å². The number of hydrogen-bond donors (Lipinski definition) is 1. The first-order chi connectivity index (χ1) is 14.8. The maximum absolute atomic E-state index is 13.1. The quantitative estimate of drug-likeness (QED) is 0.477. The monoisotopic (exact) mass is 395 g/mol. The summed E-state index contributed by atoms with van der Waals surface area (Å²) in [6.45, 7) is 0.420. The Kier molecular flexibility index (Phi) is 4.53. The lowest BCUT2D eigenvalue weighted by molar-refractivity contribution is 0.102. The highest BCUT2D eigenvalue weighted by Gasteiger charge is 2.18. The summed E-state index contributed by atoms with van der Waals surface area (Å²) in [7, 11) is 0. The van der Waals surface area contributed by atoms with Crippen LogP contribution >= 0.6 is 0 Å². The number of carbonyl (C=O) groups excluding carboxylic acids is 1. The molecule has 0 spiro atoms. The van der Waals surface area contributed by atoms with Crippen LogP contribution in [-0.2, 0) is 6.54 Å². The predicted molar refractivity (Wildman–Crippen MR) is 113 cm³/mol. The predicted octanol–water partition coefficient (Wildman–Crippen LogP) is 4.39. The Morgan fingerprint density at radius 2 is 1.90 bits per heavy atom. The molecule has 0 fully saturated rings. The molecule has 0 radical (unpaired) electrons. The van der Waals surface area contributed by atoms with Crippen LogP contribution in [0, 0.1) is 0 Å². The van der Waals surface area contributed by atoms with Crippen LogP contribution in [0.3, 0.4) is 0 Å². The summed E-state index contributed by atoms with van der Waals surface area (Å²) in [6, 6.07) is 20.6. The van der Waals surface area contributed by atoms with Gasteiger partial charge in [-0.25, -0.2) is 14.6 Å². The van der Waals surface area contributed by atoms with Gasteiger partial charge >= 0.3 is 0 Å². The normalized spacial score (nSPS) is 10.9. The fourth-order valence-electron chi connectivity index (χ4n) is 3.28. The van der Waals surface area contributed by atoms with Crippen LogP contribution in [0.15, 0.2) is 89.8 Å². The second-order valence-corrected chi connectivity index (χ2v) is 6.71. The first-order valence-corrected chi connectivity index (χ1v) is 9.45. The van der Waals surface area contributed by atoms with Crippen molar-refractivity contribution in [1.29, 1.82) is 0 Å². The van der Waals surface area contributed by atoms with Gasteiger partial charge in [-0.15, -0.1) is 0 Å². The van der Waals surface area contributed by atoms with Gasteiger partial charge in [0, 0.05) is 11.8 Å². The highest BCUT2D eigenvalue weighted by atomic mass is 16.3. The molecule has 7 nitrogen and oxygen atoms in total. The summed E-state index contributed by atoms with van der Waals surface area (Å²) in [5.74, 6) is 0.971. The van der Waals surface area contributed by atoms with E-state index in [0.29, 0.717) is 34.7 Å². The van der Waals surface area contributed by atoms with Crippen molar-refractivity contribution in [1.82, 2.24) is 19.7 Å². The minimum atomic E-state index is -0.268. The van der Waals surface area contributed by atoms with Crippen LogP contribution in [0.5, 0.6) is 0 Å². The number of nitrogens with zero attached hydrogens (tertiary/aromatic N) is 4. The molecule has 0 saturated carbocycles. The number of hydrogen-bond acceptors (Lipinski definition) is 5. The van der Waals surface area contributed by atoms with Gasteiger partial charge in [0.25, 0.3) is 5.91 Å². The third-order valence-corrected chi connectivity index (χ3v) is 4.72. The van der Waals surface area contributed by atoms with E-state index in [2.05, 4.69) is 15.4 Å². The molecule has 4 aromatic heterocycles. The molecule has 1 N–H and O–H groups in total. The lowest BCUT2D eigenvalue weighted by Gasteiger charge is -2.09. The van der Waals surface area contributed by atoms with Gasteiger partial charge < -0.3 is 9.73 Å². The number of aromatic nitrogens is 4. The minimum absolute atomic E-state index is 0.268. The van der Waals surface area contributed by atoms with Crippen LogP contribution in [0.4, 0.5) is 5.82 Å². The van der Waals surface area contributed by atoms with Gasteiger partial charge in [0.1, 0.15) is 18.1 Å². The Labute approximate surface area is 172 Å². The van der Waals surface area contributed by atoms with Gasteiger partial charge in [-0.2, -0.15) is 5.10 Å². The zero-order valence-corrected chi connectivity index (χ0v) is 15.9. The standard InChI is InChI=1S/C23H17N5O2/c29-23(27-21-10-4-5-11-24-21)18-13-20(16-7-2-1-3-8-16)26-22-19(18)14-25-28(22)15-17-9-6-12-30-17/h1-14H,15H2,(H,24,27,29). The van der Waals surface area contributed by atoms with Crippen LogP contribution in [-0.4, -0.2) is 25.7 Å². The largest absolute Gasteiger partial charge is 0.467 e. The third-order valence-electron chi connectivity index (χ3n) is 4.72. The average Bonchev–Trinajstić information content (AvgIpc) is 3.45. The second kappa shape index (κ2) is 7.63. The fraction of sp³-hybridized carbons (Fsp3) is 0.0435. The number of nitrogens with one attached hydrogen (secondary N) is 1. The average molecular weight is 395 g/mol. The topological polar surface area (TPSA) is 85.8 Å². The molecular weight excluding hydrogens is 378 g/mol. The van der Waals surface area contributed by atoms with Crippen molar-refractivity contribution in [3.05, 3.63) is 96.7 Å². The van der Waals surface area contributed by atoms with E-state index in [1.54, 1.807) is 41.5 Å². The number of benzene rings is 1. The number of fused-ring (bicyclic) bond motifs is 1. The van der Waals surface area contributed by atoms with Gasteiger partial charge in [0.15, 0.2) is 5.65 Å². The van der Waals surface area contributed by atoms with Crippen molar-refractivity contribution in [2.24, 2.45) is 0 Å². The van der Waals surface area contributed by atoms with Crippen molar-refractivity contribution in [3.63, 3.8) is 0 Å². The zero-order chi connectivity index (χ0) is 20.3. The highest BCUT2D eigenvalue weighted by Crippen LogP contribution is 2.26. The van der Waals surface area contributed by atoms with Crippen LogP contribution in [0.25, 0.3) is 22.3 Å². The molecule has 30 heavy (non-hydrogen) atoms. The molecule has 5 aromatic rings. The van der Waals surface area contributed by atoms with Crippen molar-refractivity contribution < 1.29 is 9.21 Å². The third kappa shape index (κ3) is 3.44. The maximum atomic E-state index is 13.1. The summed E-state index contributed by atoms with van der Waals surface area (Å²) in [4.78, 5) is 22.1. The first kappa shape index (κ1) is 17.8. The Morgan fingerprint density at radius 3 is 2.67 bits per heavy atom.